The van der Waals surface area contributed by atoms with Crippen molar-refractivity contribution in [2.24, 2.45) is 5.92 Å². The Bertz CT molecular complexity index is 298. The first-order valence-corrected chi connectivity index (χ1v) is 5.20. The molecule has 0 aliphatic rings. The van der Waals surface area contributed by atoms with Crippen LogP contribution in [-0.2, 0) is 9.53 Å². The number of ether oxygens (including phenoxy) is 1. The molecule has 6 heteroatoms. The van der Waals surface area contributed by atoms with Gasteiger partial charge in [0, 0.05) is 20.1 Å². The van der Waals surface area contributed by atoms with E-state index in [9.17, 15) is 9.59 Å². The summed E-state index contributed by atoms with van der Waals surface area (Å²) in [5.74, 6) is 1.20. The predicted octanol–water partition coefficient (Wildman–Crippen LogP) is 0.0446. The second-order valence-corrected chi connectivity index (χ2v) is 3.71. The molecule has 0 aliphatic heterocycles. The van der Waals surface area contributed by atoms with Crippen LogP contribution in [0.4, 0.5) is 4.79 Å². The average Bonchev–Trinajstić information content (AvgIpc) is 2.26. The van der Waals surface area contributed by atoms with Crippen LogP contribution in [0.3, 0.4) is 0 Å². The molecule has 0 fully saturated rings. The van der Waals surface area contributed by atoms with Crippen molar-refractivity contribution in [3.05, 3.63) is 0 Å². The van der Waals surface area contributed by atoms with Crippen LogP contribution in [0.5, 0.6) is 0 Å². The maximum absolute atomic E-state index is 11.3. The maximum Gasteiger partial charge on any atom is 0.327 e. The van der Waals surface area contributed by atoms with Crippen molar-refractivity contribution in [3.63, 3.8) is 0 Å². The van der Waals surface area contributed by atoms with E-state index in [1.165, 1.54) is 0 Å². The van der Waals surface area contributed by atoms with Gasteiger partial charge in [0.1, 0.15) is 6.04 Å². The van der Waals surface area contributed by atoms with Gasteiger partial charge < -0.3 is 20.5 Å². The Morgan fingerprint density at radius 3 is 2.65 bits per heavy atom. The molecule has 0 aromatic rings. The van der Waals surface area contributed by atoms with Gasteiger partial charge in [0.2, 0.25) is 0 Å². The lowest BCUT2D eigenvalue weighted by Gasteiger charge is -2.15. The van der Waals surface area contributed by atoms with Crippen LogP contribution in [0.2, 0.25) is 0 Å². The standard InChI is InChI=1S/C11H18N2O4/c1-4-5-9(10(14)15)13-11(16)12-6-8(2)7-17-3/h1,8-9H,5-7H2,2-3H3,(H,14,15)(H2,12,13,16). The van der Waals surface area contributed by atoms with E-state index in [-0.39, 0.29) is 12.3 Å². The number of methoxy groups -OCH3 is 1. The highest BCUT2D eigenvalue weighted by molar-refractivity contribution is 5.82. The first-order valence-electron chi connectivity index (χ1n) is 5.20. The maximum atomic E-state index is 11.3. The Balaban J connectivity index is 3.99. The Kier molecular flexibility index (Phi) is 7.55. The number of carbonyl (C=O) groups excluding carboxylic acids is 1. The first-order chi connectivity index (χ1) is 8.01. The summed E-state index contributed by atoms with van der Waals surface area (Å²) in [6.45, 7) is 2.83. The molecule has 0 aromatic carbocycles. The van der Waals surface area contributed by atoms with E-state index < -0.39 is 18.0 Å². The largest absolute Gasteiger partial charge is 0.480 e. The minimum absolute atomic E-state index is 0.0453. The van der Waals surface area contributed by atoms with Crippen molar-refractivity contribution in [2.75, 3.05) is 20.3 Å². The Morgan fingerprint density at radius 1 is 1.53 bits per heavy atom. The summed E-state index contributed by atoms with van der Waals surface area (Å²) in [7, 11) is 1.57. The van der Waals surface area contributed by atoms with Crippen molar-refractivity contribution in [2.45, 2.75) is 19.4 Å². The molecule has 0 saturated heterocycles. The minimum Gasteiger partial charge on any atom is -0.480 e. The number of hydrogen-bond donors (Lipinski definition) is 3. The number of aliphatic carboxylic acids is 1. The van der Waals surface area contributed by atoms with E-state index in [1.54, 1.807) is 7.11 Å². The molecule has 0 aliphatic carbocycles. The predicted molar refractivity (Wildman–Crippen MR) is 62.4 cm³/mol. The highest BCUT2D eigenvalue weighted by Gasteiger charge is 2.18. The van der Waals surface area contributed by atoms with Crippen molar-refractivity contribution >= 4 is 12.0 Å². The summed E-state index contributed by atoms with van der Waals surface area (Å²) in [4.78, 5) is 22.1. The molecule has 0 rings (SSSR count). The summed E-state index contributed by atoms with van der Waals surface area (Å²) in [6.07, 6.45) is 4.96. The van der Waals surface area contributed by atoms with Crippen LogP contribution in [0.15, 0.2) is 0 Å². The van der Waals surface area contributed by atoms with E-state index in [0.29, 0.717) is 13.2 Å². The van der Waals surface area contributed by atoms with E-state index >= 15 is 0 Å². The lowest BCUT2D eigenvalue weighted by molar-refractivity contribution is -0.139. The second kappa shape index (κ2) is 8.42. The molecule has 0 spiro atoms. The molecule has 2 amide bonds. The fraction of sp³-hybridized carbons (Fsp3) is 0.636. The molecule has 2 atom stereocenters. The highest BCUT2D eigenvalue weighted by Crippen LogP contribution is 1.93. The van der Waals surface area contributed by atoms with Crippen LogP contribution in [-0.4, -0.2) is 43.4 Å². The summed E-state index contributed by atoms with van der Waals surface area (Å²) >= 11 is 0. The fourth-order valence-corrected chi connectivity index (χ4v) is 1.14. The lowest BCUT2D eigenvalue weighted by Crippen LogP contribution is -2.47. The Labute approximate surface area is 101 Å². The monoisotopic (exact) mass is 242 g/mol. The summed E-state index contributed by atoms with van der Waals surface area (Å²) < 4.78 is 4.90. The number of amides is 2. The van der Waals surface area contributed by atoms with Gasteiger partial charge in [-0.25, -0.2) is 9.59 Å². The van der Waals surface area contributed by atoms with E-state index in [1.807, 2.05) is 6.92 Å². The van der Waals surface area contributed by atoms with Crippen molar-refractivity contribution in [1.29, 1.82) is 0 Å². The molecule has 0 saturated carbocycles. The molecule has 2 unspecified atom stereocenters. The van der Waals surface area contributed by atoms with Gasteiger partial charge in [-0.3, -0.25) is 0 Å². The van der Waals surface area contributed by atoms with Crippen LogP contribution in [0.1, 0.15) is 13.3 Å². The summed E-state index contributed by atoms with van der Waals surface area (Å²) in [5, 5.41) is 13.6. The highest BCUT2D eigenvalue weighted by atomic mass is 16.5. The number of rotatable bonds is 7. The third kappa shape index (κ3) is 7.19. The zero-order valence-electron chi connectivity index (χ0n) is 10.0. The number of nitrogens with one attached hydrogen (secondary N) is 2. The van der Waals surface area contributed by atoms with Gasteiger partial charge in [-0.1, -0.05) is 6.92 Å². The van der Waals surface area contributed by atoms with Gasteiger partial charge in [-0.15, -0.1) is 12.3 Å². The normalized spacial score (nSPS) is 13.2. The third-order valence-corrected chi connectivity index (χ3v) is 1.99. The van der Waals surface area contributed by atoms with E-state index in [4.69, 9.17) is 16.3 Å². The molecule has 0 heterocycles. The molecule has 96 valence electrons. The minimum atomic E-state index is -1.15. The van der Waals surface area contributed by atoms with Gasteiger partial charge in [0.05, 0.1) is 6.61 Å². The fourth-order valence-electron chi connectivity index (χ4n) is 1.14. The number of terminal acetylenes is 1. The number of carboxylic acid groups (broad SMARTS) is 1. The van der Waals surface area contributed by atoms with Crippen molar-refractivity contribution in [3.8, 4) is 12.3 Å². The third-order valence-electron chi connectivity index (χ3n) is 1.99. The number of carboxylic acids is 1. The van der Waals surface area contributed by atoms with Crippen LogP contribution < -0.4 is 10.6 Å². The molecule has 3 N–H and O–H groups in total. The van der Waals surface area contributed by atoms with Gasteiger partial charge in [-0.2, -0.15) is 0 Å². The summed E-state index contributed by atoms with van der Waals surface area (Å²) in [5.41, 5.74) is 0. The molecule has 0 aromatic heterocycles. The Morgan fingerprint density at radius 2 is 2.18 bits per heavy atom. The van der Waals surface area contributed by atoms with Gasteiger partial charge in [0.25, 0.3) is 0 Å². The topological polar surface area (TPSA) is 87.7 Å². The molecule has 6 nitrogen and oxygen atoms in total. The van der Waals surface area contributed by atoms with Crippen LogP contribution in [0.25, 0.3) is 0 Å². The zero-order valence-corrected chi connectivity index (χ0v) is 10.0. The molecule has 0 radical (unpaired) electrons. The molecular formula is C11H18N2O4. The van der Waals surface area contributed by atoms with Crippen molar-refractivity contribution < 1.29 is 19.4 Å². The molecule has 17 heavy (non-hydrogen) atoms. The van der Waals surface area contributed by atoms with Gasteiger partial charge >= 0.3 is 12.0 Å². The van der Waals surface area contributed by atoms with Crippen LogP contribution >= 0.6 is 0 Å². The number of hydrogen-bond acceptors (Lipinski definition) is 3. The van der Waals surface area contributed by atoms with Gasteiger partial charge in [-0.05, 0) is 5.92 Å². The summed E-state index contributed by atoms with van der Waals surface area (Å²) in [6, 6.07) is -1.60. The van der Waals surface area contributed by atoms with Crippen molar-refractivity contribution in [1.82, 2.24) is 10.6 Å². The van der Waals surface area contributed by atoms with E-state index in [0.717, 1.165) is 0 Å². The van der Waals surface area contributed by atoms with Gasteiger partial charge in [0.15, 0.2) is 0 Å². The zero-order chi connectivity index (χ0) is 13.3. The molecular weight excluding hydrogens is 224 g/mol. The smallest absolute Gasteiger partial charge is 0.327 e. The van der Waals surface area contributed by atoms with Crippen LogP contribution in [0, 0.1) is 18.3 Å². The second-order valence-electron chi connectivity index (χ2n) is 3.71. The number of urea groups is 1. The van der Waals surface area contributed by atoms with E-state index in [2.05, 4.69) is 16.6 Å². The SMILES string of the molecule is C#CCC(NC(=O)NCC(C)COC)C(=O)O. The molecule has 0 bridgehead atoms. The average molecular weight is 242 g/mol. The first kappa shape index (κ1) is 15.3. The lowest BCUT2D eigenvalue weighted by atomic mass is 10.2. The number of carbonyl (C=O) groups is 2. The quantitative estimate of drug-likeness (QED) is 0.550. The Hall–Kier alpha value is -1.74.